The van der Waals surface area contributed by atoms with Crippen molar-refractivity contribution in [3.05, 3.63) is 47.7 Å². The summed E-state index contributed by atoms with van der Waals surface area (Å²) in [5.41, 5.74) is 2.57. The predicted molar refractivity (Wildman–Crippen MR) is 100 cm³/mol. The van der Waals surface area contributed by atoms with Crippen LogP contribution in [0.2, 0.25) is 0 Å². The Labute approximate surface area is 153 Å². The summed E-state index contributed by atoms with van der Waals surface area (Å²) in [5.74, 6) is 2.15. The lowest BCUT2D eigenvalue weighted by Crippen LogP contribution is -2.46. The number of aromatic amines is 1. The van der Waals surface area contributed by atoms with Crippen LogP contribution in [0.4, 0.5) is 0 Å². The van der Waals surface area contributed by atoms with Gasteiger partial charge in [-0.1, -0.05) is 18.2 Å². The molecular formula is C20H25N5O. The second kappa shape index (κ2) is 6.52. The van der Waals surface area contributed by atoms with E-state index in [2.05, 4.69) is 62.0 Å². The lowest BCUT2D eigenvalue weighted by atomic mass is 10.0. The first kappa shape index (κ1) is 16.0. The van der Waals surface area contributed by atoms with Crippen molar-refractivity contribution in [2.24, 2.45) is 0 Å². The van der Waals surface area contributed by atoms with E-state index in [1.54, 1.807) is 0 Å². The Morgan fingerprint density at radius 3 is 3.00 bits per heavy atom. The molecule has 5 rings (SSSR count). The smallest absolute Gasteiger partial charge is 0.147 e. The van der Waals surface area contributed by atoms with E-state index in [9.17, 15) is 0 Å². The fourth-order valence-electron chi connectivity index (χ4n) is 4.15. The lowest BCUT2D eigenvalue weighted by molar-refractivity contribution is -0.0127. The fourth-order valence-corrected chi connectivity index (χ4v) is 4.15. The number of nitrogens with zero attached hydrogens (tertiary/aromatic N) is 4. The van der Waals surface area contributed by atoms with Crippen molar-refractivity contribution in [3.8, 4) is 0 Å². The minimum atomic E-state index is 0.368. The predicted octanol–water partition coefficient (Wildman–Crippen LogP) is 2.85. The maximum Gasteiger partial charge on any atom is 0.147 e. The van der Waals surface area contributed by atoms with Gasteiger partial charge in [-0.3, -0.25) is 4.90 Å². The zero-order valence-corrected chi connectivity index (χ0v) is 15.2. The third-order valence-corrected chi connectivity index (χ3v) is 5.67. The van der Waals surface area contributed by atoms with E-state index in [-0.39, 0.29) is 0 Å². The number of nitrogens with one attached hydrogen (secondary N) is 1. The molecule has 0 amide bonds. The molecule has 1 saturated carbocycles. The van der Waals surface area contributed by atoms with E-state index in [0.717, 1.165) is 44.4 Å². The summed E-state index contributed by atoms with van der Waals surface area (Å²) in [6.07, 6.45) is 5.65. The Balaban J connectivity index is 1.37. The summed E-state index contributed by atoms with van der Waals surface area (Å²) in [6, 6.07) is 9.50. The van der Waals surface area contributed by atoms with Crippen LogP contribution < -0.4 is 0 Å². The molecule has 1 atom stereocenters. The Bertz CT molecular complexity index is 910. The SMILES string of the molecule is Cc1nnc(CN2CCOCC2Cc2c[nH]c3ccccc23)n1C1CC1. The number of H-pyrrole nitrogens is 1. The Kier molecular flexibility index (Phi) is 4.02. The van der Waals surface area contributed by atoms with Crippen LogP contribution in [-0.4, -0.2) is 50.4 Å². The largest absolute Gasteiger partial charge is 0.378 e. The molecule has 1 aromatic carbocycles. The number of fused-ring (bicyclic) bond motifs is 1. The van der Waals surface area contributed by atoms with Gasteiger partial charge in [0, 0.05) is 35.7 Å². The first-order chi connectivity index (χ1) is 12.8. The first-order valence-electron chi connectivity index (χ1n) is 9.57. The molecule has 2 fully saturated rings. The van der Waals surface area contributed by atoms with Gasteiger partial charge >= 0.3 is 0 Å². The highest BCUT2D eigenvalue weighted by Crippen LogP contribution is 2.36. The highest BCUT2D eigenvalue weighted by Gasteiger charge is 2.31. The van der Waals surface area contributed by atoms with Crippen molar-refractivity contribution >= 4 is 10.9 Å². The Morgan fingerprint density at radius 2 is 2.12 bits per heavy atom. The standard InChI is InChI=1S/C20H25N5O/c1-14-22-23-20(25(14)16-6-7-16)12-24-8-9-26-13-17(24)10-15-11-21-19-5-3-2-4-18(15)19/h2-5,11,16-17,21H,6-10,12-13H2,1H3. The van der Waals surface area contributed by atoms with Crippen molar-refractivity contribution < 1.29 is 4.74 Å². The second-order valence-corrected chi connectivity index (χ2v) is 7.53. The maximum absolute atomic E-state index is 5.81. The number of morpholine rings is 1. The molecule has 3 aromatic rings. The number of benzene rings is 1. The van der Waals surface area contributed by atoms with Crippen LogP contribution in [0.5, 0.6) is 0 Å². The number of hydrogen-bond donors (Lipinski definition) is 1. The molecule has 1 aliphatic carbocycles. The molecule has 1 unspecified atom stereocenters. The average molecular weight is 351 g/mol. The molecule has 0 radical (unpaired) electrons. The zero-order chi connectivity index (χ0) is 17.5. The summed E-state index contributed by atoms with van der Waals surface area (Å²) in [7, 11) is 0. The zero-order valence-electron chi connectivity index (χ0n) is 15.2. The molecule has 2 aliphatic rings. The van der Waals surface area contributed by atoms with Crippen LogP contribution in [0.25, 0.3) is 10.9 Å². The number of rotatable bonds is 5. The summed E-state index contributed by atoms with van der Waals surface area (Å²) in [5, 5.41) is 10.1. The summed E-state index contributed by atoms with van der Waals surface area (Å²) in [4.78, 5) is 5.91. The van der Waals surface area contributed by atoms with Crippen LogP contribution in [-0.2, 0) is 17.7 Å². The maximum atomic E-state index is 5.81. The summed E-state index contributed by atoms with van der Waals surface area (Å²) in [6.45, 7) is 5.44. The van der Waals surface area contributed by atoms with Crippen LogP contribution in [0.1, 0.15) is 36.1 Å². The van der Waals surface area contributed by atoms with Crippen LogP contribution in [0.15, 0.2) is 30.5 Å². The molecule has 26 heavy (non-hydrogen) atoms. The van der Waals surface area contributed by atoms with Crippen LogP contribution in [0.3, 0.4) is 0 Å². The van der Waals surface area contributed by atoms with E-state index in [1.165, 1.54) is 29.3 Å². The van der Waals surface area contributed by atoms with E-state index >= 15 is 0 Å². The van der Waals surface area contributed by atoms with Gasteiger partial charge in [-0.15, -0.1) is 10.2 Å². The lowest BCUT2D eigenvalue weighted by Gasteiger charge is -2.35. The van der Waals surface area contributed by atoms with Gasteiger partial charge in [0.2, 0.25) is 0 Å². The molecule has 2 aromatic heterocycles. The van der Waals surface area contributed by atoms with E-state index < -0.39 is 0 Å². The number of para-hydroxylation sites is 1. The van der Waals surface area contributed by atoms with Gasteiger partial charge in [-0.05, 0) is 37.8 Å². The molecule has 3 heterocycles. The highest BCUT2D eigenvalue weighted by molar-refractivity contribution is 5.83. The van der Waals surface area contributed by atoms with Gasteiger partial charge in [0.25, 0.3) is 0 Å². The quantitative estimate of drug-likeness (QED) is 0.768. The molecule has 1 N–H and O–H groups in total. The highest BCUT2D eigenvalue weighted by atomic mass is 16.5. The molecule has 0 spiro atoms. The van der Waals surface area contributed by atoms with Crippen LogP contribution >= 0.6 is 0 Å². The topological polar surface area (TPSA) is 59.0 Å². The van der Waals surface area contributed by atoms with Crippen molar-refractivity contribution in [1.29, 1.82) is 0 Å². The summed E-state index contributed by atoms with van der Waals surface area (Å²) >= 11 is 0. The average Bonchev–Trinajstić information content (AvgIpc) is 3.32. The number of aromatic nitrogens is 4. The number of ether oxygens (including phenoxy) is 1. The second-order valence-electron chi connectivity index (χ2n) is 7.53. The van der Waals surface area contributed by atoms with Gasteiger partial charge in [-0.2, -0.15) is 0 Å². The third kappa shape index (κ3) is 2.93. The van der Waals surface area contributed by atoms with Gasteiger partial charge in [0.15, 0.2) is 0 Å². The molecule has 6 nitrogen and oxygen atoms in total. The van der Waals surface area contributed by atoms with E-state index in [4.69, 9.17) is 4.74 Å². The van der Waals surface area contributed by atoms with Crippen molar-refractivity contribution in [2.75, 3.05) is 19.8 Å². The summed E-state index contributed by atoms with van der Waals surface area (Å²) < 4.78 is 8.16. The molecule has 1 aliphatic heterocycles. The van der Waals surface area contributed by atoms with Gasteiger partial charge in [-0.25, -0.2) is 0 Å². The molecule has 0 bridgehead atoms. The molecule has 136 valence electrons. The fraction of sp³-hybridized carbons (Fsp3) is 0.500. The van der Waals surface area contributed by atoms with E-state index in [1.807, 2.05) is 0 Å². The molecular weight excluding hydrogens is 326 g/mol. The van der Waals surface area contributed by atoms with Gasteiger partial charge in [0.05, 0.1) is 19.8 Å². The van der Waals surface area contributed by atoms with Crippen LogP contribution in [0, 0.1) is 6.92 Å². The molecule has 1 saturated heterocycles. The monoisotopic (exact) mass is 351 g/mol. The number of aryl methyl sites for hydroxylation is 1. The van der Waals surface area contributed by atoms with Gasteiger partial charge < -0.3 is 14.3 Å². The normalized spacial score (nSPS) is 21.5. The minimum absolute atomic E-state index is 0.368. The minimum Gasteiger partial charge on any atom is -0.378 e. The number of hydrogen-bond acceptors (Lipinski definition) is 4. The Hall–Kier alpha value is -2.18. The molecule has 6 heteroatoms. The first-order valence-corrected chi connectivity index (χ1v) is 9.57. The Morgan fingerprint density at radius 1 is 1.23 bits per heavy atom. The third-order valence-electron chi connectivity index (χ3n) is 5.67. The van der Waals surface area contributed by atoms with Crippen molar-refractivity contribution in [3.63, 3.8) is 0 Å². The van der Waals surface area contributed by atoms with Crippen molar-refractivity contribution in [2.45, 2.75) is 44.8 Å². The van der Waals surface area contributed by atoms with Crippen molar-refractivity contribution in [1.82, 2.24) is 24.6 Å². The van der Waals surface area contributed by atoms with Gasteiger partial charge in [0.1, 0.15) is 11.6 Å². The van der Waals surface area contributed by atoms with E-state index in [0.29, 0.717) is 12.1 Å².